The molecule has 0 saturated carbocycles. The van der Waals surface area contributed by atoms with E-state index >= 15 is 0 Å². The first kappa shape index (κ1) is 29.2. The molecule has 0 saturated heterocycles. The molecule has 0 atom stereocenters. The van der Waals surface area contributed by atoms with Gasteiger partial charge in [0.2, 0.25) is 5.71 Å². The van der Waals surface area contributed by atoms with Crippen LogP contribution in [0.3, 0.4) is 0 Å². The molecular weight excluding hydrogens is 671 g/mol. The molecule has 13 rings (SSSR count). The van der Waals surface area contributed by atoms with Gasteiger partial charge in [-0.3, -0.25) is 4.57 Å². The fourth-order valence-electron chi connectivity index (χ4n) is 9.99. The van der Waals surface area contributed by atoms with Gasteiger partial charge in [0.15, 0.2) is 5.82 Å². The van der Waals surface area contributed by atoms with Gasteiger partial charge in [0, 0.05) is 21.7 Å². The summed E-state index contributed by atoms with van der Waals surface area (Å²) in [4.78, 5) is 11.0. The smallest absolute Gasteiger partial charge is 0.247 e. The van der Waals surface area contributed by atoms with Crippen LogP contribution in [0.25, 0.3) is 94.1 Å². The minimum Gasteiger partial charge on any atom is -0.436 e. The molecule has 0 radical (unpaired) electrons. The molecule has 3 aromatic heterocycles. The molecule has 55 heavy (non-hydrogen) atoms. The lowest BCUT2D eigenvalue weighted by molar-refractivity contribution is 0.653. The van der Waals surface area contributed by atoms with E-state index < -0.39 is 5.41 Å². The zero-order valence-corrected chi connectivity index (χ0v) is 29.5. The Hall–Kier alpha value is -7.30. The highest BCUT2D eigenvalue weighted by Crippen LogP contribution is 2.63. The maximum Gasteiger partial charge on any atom is 0.247 e. The quantitative estimate of drug-likeness (QED) is 0.180. The largest absolute Gasteiger partial charge is 0.436 e. The van der Waals surface area contributed by atoms with Crippen LogP contribution in [0.2, 0.25) is 0 Å². The third-order valence-electron chi connectivity index (χ3n) is 12.2. The Morgan fingerprint density at radius 3 is 1.75 bits per heavy atom. The highest BCUT2D eigenvalue weighted by Gasteiger charge is 2.51. The highest BCUT2D eigenvalue weighted by atomic mass is 16.3. The third-order valence-corrected chi connectivity index (χ3v) is 12.2. The van der Waals surface area contributed by atoms with Crippen LogP contribution < -0.4 is 0 Å². The Morgan fingerprint density at radius 1 is 0.436 bits per heavy atom. The van der Waals surface area contributed by atoms with Crippen molar-refractivity contribution in [3.63, 3.8) is 0 Å². The summed E-state index contributed by atoms with van der Waals surface area (Å²) in [6.07, 6.45) is 0. The summed E-state index contributed by atoms with van der Waals surface area (Å²) in [6, 6.07) is 63.7. The molecule has 0 unspecified atom stereocenters. The monoisotopic (exact) mass is 699 g/mol. The van der Waals surface area contributed by atoms with Crippen molar-refractivity contribution in [2.24, 2.45) is 0 Å². The molecule has 254 valence electrons. The van der Waals surface area contributed by atoms with Gasteiger partial charge in [-0.2, -0.15) is 0 Å². The lowest BCUT2D eigenvalue weighted by Gasteiger charge is -2.30. The number of benzene rings is 8. The predicted octanol–water partition coefficient (Wildman–Crippen LogP) is 12.6. The summed E-state index contributed by atoms with van der Waals surface area (Å²) < 4.78 is 8.78. The fraction of sp³-hybridized carbons (Fsp3) is 0.0196. The summed E-state index contributed by atoms with van der Waals surface area (Å²) in [6.45, 7) is 0. The van der Waals surface area contributed by atoms with Crippen LogP contribution in [0, 0.1) is 0 Å². The molecule has 8 aromatic carbocycles. The molecule has 0 fully saturated rings. The second kappa shape index (κ2) is 10.4. The number of hydrogen-bond donors (Lipinski definition) is 0. The number of rotatable bonds is 2. The molecule has 0 amide bonds. The zero-order chi connectivity index (χ0) is 35.8. The molecule has 0 N–H and O–H groups in total. The van der Waals surface area contributed by atoms with Gasteiger partial charge in [0.25, 0.3) is 0 Å². The number of furan rings is 1. The van der Waals surface area contributed by atoms with Crippen molar-refractivity contribution >= 4 is 54.8 Å². The molecule has 2 aliphatic rings. The van der Waals surface area contributed by atoms with Gasteiger partial charge in [-0.25, -0.2) is 9.97 Å². The van der Waals surface area contributed by atoms with E-state index in [0.717, 1.165) is 44.6 Å². The maximum absolute atomic E-state index is 6.47. The first-order chi connectivity index (χ1) is 27.3. The van der Waals surface area contributed by atoms with E-state index in [1.165, 1.54) is 66.1 Å². The molecular formula is C51H29N3O. The van der Waals surface area contributed by atoms with Gasteiger partial charge >= 0.3 is 0 Å². The Bertz CT molecular complexity index is 3390. The van der Waals surface area contributed by atoms with Gasteiger partial charge in [-0.1, -0.05) is 140 Å². The van der Waals surface area contributed by atoms with Gasteiger partial charge in [0.1, 0.15) is 16.8 Å². The molecule has 2 aliphatic carbocycles. The molecule has 4 nitrogen and oxygen atoms in total. The zero-order valence-electron chi connectivity index (χ0n) is 29.5. The van der Waals surface area contributed by atoms with E-state index in [1.807, 2.05) is 18.2 Å². The van der Waals surface area contributed by atoms with Crippen LogP contribution in [0.15, 0.2) is 180 Å². The lowest BCUT2D eigenvalue weighted by Crippen LogP contribution is -2.25. The van der Waals surface area contributed by atoms with Crippen LogP contribution in [-0.2, 0) is 5.41 Å². The van der Waals surface area contributed by atoms with Crippen LogP contribution in [0.5, 0.6) is 0 Å². The SMILES string of the molecule is c1ccc2c(c1)-c1ccccc1C21c2ccccc2-c2ccc(-c3nc4oc5ccccc5c4nc3-n3c4ccccc4c4cc5ccccc5cc43)cc21. The molecule has 1 spiro atoms. The van der Waals surface area contributed by atoms with E-state index in [4.69, 9.17) is 14.4 Å². The van der Waals surface area contributed by atoms with Crippen molar-refractivity contribution in [2.75, 3.05) is 0 Å². The second-order valence-electron chi connectivity index (χ2n) is 14.9. The van der Waals surface area contributed by atoms with E-state index in [0.29, 0.717) is 5.71 Å². The van der Waals surface area contributed by atoms with Crippen molar-refractivity contribution in [1.29, 1.82) is 0 Å². The minimum atomic E-state index is -0.474. The predicted molar refractivity (Wildman–Crippen MR) is 223 cm³/mol. The number of fused-ring (bicyclic) bond motifs is 17. The van der Waals surface area contributed by atoms with Crippen molar-refractivity contribution in [2.45, 2.75) is 5.41 Å². The van der Waals surface area contributed by atoms with E-state index in [2.05, 4.69) is 162 Å². The van der Waals surface area contributed by atoms with Crippen LogP contribution in [-0.4, -0.2) is 14.5 Å². The first-order valence-electron chi connectivity index (χ1n) is 18.8. The van der Waals surface area contributed by atoms with Crippen molar-refractivity contribution < 1.29 is 4.42 Å². The maximum atomic E-state index is 6.47. The number of hydrogen-bond acceptors (Lipinski definition) is 3. The Kier molecular flexibility index (Phi) is 5.54. The van der Waals surface area contributed by atoms with E-state index in [1.54, 1.807) is 0 Å². The topological polar surface area (TPSA) is 43.9 Å². The molecule has 0 bridgehead atoms. The van der Waals surface area contributed by atoms with Gasteiger partial charge in [-0.05, 0) is 91.7 Å². The second-order valence-corrected chi connectivity index (χ2v) is 14.9. The van der Waals surface area contributed by atoms with E-state index in [-0.39, 0.29) is 0 Å². The summed E-state index contributed by atoms with van der Waals surface area (Å²) in [5.74, 6) is 0.775. The molecule has 4 heteroatoms. The Morgan fingerprint density at radius 2 is 1.02 bits per heavy atom. The van der Waals surface area contributed by atoms with Crippen LogP contribution in [0.4, 0.5) is 0 Å². The molecule has 11 aromatic rings. The van der Waals surface area contributed by atoms with Gasteiger partial charge < -0.3 is 4.42 Å². The van der Waals surface area contributed by atoms with Crippen molar-refractivity contribution in [3.05, 3.63) is 198 Å². The number of aromatic nitrogens is 3. The van der Waals surface area contributed by atoms with E-state index in [9.17, 15) is 0 Å². The summed E-state index contributed by atoms with van der Waals surface area (Å²) in [7, 11) is 0. The average Bonchev–Trinajstić information content (AvgIpc) is 3.95. The van der Waals surface area contributed by atoms with Crippen LogP contribution >= 0.6 is 0 Å². The van der Waals surface area contributed by atoms with Crippen molar-refractivity contribution in [3.8, 4) is 39.3 Å². The number of nitrogens with zero attached hydrogens (tertiary/aromatic N) is 3. The summed E-state index contributed by atoms with van der Waals surface area (Å²) >= 11 is 0. The third kappa shape index (κ3) is 3.66. The summed E-state index contributed by atoms with van der Waals surface area (Å²) in [5, 5.41) is 5.70. The van der Waals surface area contributed by atoms with Gasteiger partial charge in [-0.15, -0.1) is 0 Å². The van der Waals surface area contributed by atoms with Gasteiger partial charge in [0.05, 0.1) is 16.4 Å². The average molecular weight is 700 g/mol. The molecule has 0 aliphatic heterocycles. The normalized spacial score (nSPS) is 13.6. The first-order valence-corrected chi connectivity index (χ1v) is 18.8. The Balaban J connectivity index is 1.16. The summed E-state index contributed by atoms with van der Waals surface area (Å²) in [5.41, 5.74) is 15.8. The Labute approximate surface area is 315 Å². The number of para-hydroxylation sites is 2. The van der Waals surface area contributed by atoms with Crippen LogP contribution in [0.1, 0.15) is 22.3 Å². The van der Waals surface area contributed by atoms with Crippen molar-refractivity contribution in [1.82, 2.24) is 14.5 Å². The lowest BCUT2D eigenvalue weighted by atomic mass is 9.70. The highest BCUT2D eigenvalue weighted by molar-refractivity contribution is 6.14. The fourth-order valence-corrected chi connectivity index (χ4v) is 9.99. The molecule has 3 heterocycles. The standard InChI is InChI=1S/C51H29N3O/c1-2-14-31-29-45-39(27-30(31)13-1)37-18-6-11-23-44(37)54(45)49-47(53-50-48(52-49)38-19-7-12-24-46(38)55-50)32-25-26-36-35-17-5-10-22-42(35)51(43(36)28-32)40-20-8-3-15-33(40)34-16-4-9-21-41(34)51/h1-29H. The minimum absolute atomic E-state index is 0.474.